The number of ketones is 2. The third-order valence-electron chi connectivity index (χ3n) is 14.3. The predicted molar refractivity (Wildman–Crippen MR) is 458 cm³/mol. The van der Waals surface area contributed by atoms with Crippen LogP contribution >= 0.6 is 85.5 Å². The van der Waals surface area contributed by atoms with Gasteiger partial charge in [-0.3, -0.25) is 43.5 Å². The molecule has 118 heavy (non-hydrogen) atoms. The van der Waals surface area contributed by atoms with Crippen molar-refractivity contribution in [2.75, 3.05) is 38.4 Å². The van der Waals surface area contributed by atoms with Crippen molar-refractivity contribution in [2.24, 2.45) is 0 Å². The summed E-state index contributed by atoms with van der Waals surface area (Å²) in [6.45, 7) is 5.37. The fourth-order valence-corrected chi connectivity index (χ4v) is 10.0. The number of carboxylic acids is 1. The van der Waals surface area contributed by atoms with E-state index in [4.69, 9.17) is 130 Å². The van der Waals surface area contributed by atoms with Gasteiger partial charge in [-0.1, -0.05) is 76.2 Å². The summed E-state index contributed by atoms with van der Waals surface area (Å²) in [4.78, 5) is 97.9. The number of aryl methyl sites for hydroxylation is 3. The SMILES string of the molecule is CCOC(=O)CCC(=O)Cc1ccc(Cl)cc1O.CCOC(=O)CCC(=O)Cl.CCOC(=O)CCc1nc2ccc(Cl)cc2o1.CO.Nc1ccc(Cl)cc1O.Nc1ccc(Oc2cccnc2)cc1.O=C(CCc1nc2ccc(Cl)cc2o1)Cc1ccc(Oc2cccnc2)cc1.O=C(O)CCc1nc2ccc(Cl)cc2o1.[3H][P+](P)=S.[Na+].[OH-]. The molecular weight excluding hydrogens is 1720 g/mol. The Morgan fingerprint density at radius 2 is 0.864 bits per heavy atom. The number of nitrogen functional groups attached to an aromatic ring is 2. The number of hydrogen-bond donors (Lipinski definition) is 6. The van der Waals surface area contributed by atoms with Gasteiger partial charge in [-0.15, -0.1) is 0 Å². The van der Waals surface area contributed by atoms with Crippen LogP contribution in [0.25, 0.3) is 33.3 Å². The number of aliphatic hydroxyl groups is 1. The molecule has 0 aliphatic rings. The van der Waals surface area contributed by atoms with E-state index >= 15 is 0 Å². The number of rotatable bonds is 26. The monoisotopic (exact) mass is 1800 g/mol. The maximum atomic E-state index is 12.3. The third-order valence-corrected chi connectivity index (χ3v) is 15.7. The average molecular weight is 1810 g/mol. The molecule has 27 nitrogen and oxygen atoms in total. The first-order valence-electron chi connectivity index (χ1n) is 35.4. The number of aliphatic hydroxyl groups excluding tert-OH is 1. The molecule has 12 aromatic rings. The van der Waals surface area contributed by atoms with E-state index < -0.39 is 18.2 Å². The summed E-state index contributed by atoms with van der Waals surface area (Å²) in [5.41, 5.74) is 17.4. The molecule has 2 atom stereocenters. The zero-order chi connectivity index (χ0) is 86.2. The fourth-order valence-electron chi connectivity index (χ4n) is 9.09. The first kappa shape index (κ1) is 103. The minimum absolute atomic E-state index is 0. The van der Waals surface area contributed by atoms with Crippen molar-refractivity contribution in [2.45, 2.75) is 97.8 Å². The molecule has 0 spiro atoms. The van der Waals surface area contributed by atoms with Crippen LogP contribution < -0.4 is 50.5 Å². The van der Waals surface area contributed by atoms with E-state index in [0.29, 0.717) is 140 Å². The van der Waals surface area contributed by atoms with Crippen LogP contribution in [0, 0.1) is 0 Å². The third kappa shape index (κ3) is 43.3. The predicted octanol–water partition coefficient (Wildman–Crippen LogP) is 15.9. The van der Waals surface area contributed by atoms with Gasteiger partial charge in [0.1, 0.15) is 62.6 Å². The Labute approximate surface area is 742 Å². The van der Waals surface area contributed by atoms with Crippen LogP contribution in [0.4, 0.5) is 11.4 Å². The maximum absolute atomic E-state index is 12.3. The number of aromatic nitrogens is 5. The van der Waals surface area contributed by atoms with Crippen molar-refractivity contribution >= 4 is 183 Å². The second kappa shape index (κ2) is 59.3. The Balaban J connectivity index is 0.000000476. The number of esters is 3. The second-order valence-corrected chi connectivity index (χ2v) is 28.5. The molecule has 9 N–H and O–H groups in total. The van der Waals surface area contributed by atoms with Crippen molar-refractivity contribution in [1.82, 2.24) is 24.9 Å². The van der Waals surface area contributed by atoms with Crippen LogP contribution in [0.2, 0.25) is 25.1 Å². The molecule has 0 aliphatic carbocycles. The van der Waals surface area contributed by atoms with Crippen LogP contribution in [-0.2, 0) is 91.7 Å². The largest absolute Gasteiger partial charge is 1.00 e. The molecule has 5 aromatic heterocycles. The number of carbonyl (C=O) groups excluding carboxylic acids is 6. The van der Waals surface area contributed by atoms with Gasteiger partial charge < -0.3 is 74.3 Å². The van der Waals surface area contributed by atoms with Gasteiger partial charge in [0.2, 0.25) is 5.24 Å². The second-order valence-electron chi connectivity index (χ2n) is 23.1. The normalized spacial score (nSPS) is 10.1. The number of benzene rings is 7. The summed E-state index contributed by atoms with van der Waals surface area (Å²) in [6, 6.07) is 46.9. The summed E-state index contributed by atoms with van der Waals surface area (Å²) in [6.07, 6.45) is 9.32. The van der Waals surface area contributed by atoms with E-state index in [-0.39, 0.29) is 121 Å². The summed E-state index contributed by atoms with van der Waals surface area (Å²) in [5, 5.41) is 36.1. The van der Waals surface area contributed by atoms with Crippen molar-refractivity contribution in [1.29, 1.82) is 1.28 Å². The zero-order valence-electron chi connectivity index (χ0n) is 65.5. The van der Waals surface area contributed by atoms with Gasteiger partial charge in [0.25, 0.3) is 0 Å². The first-order valence-corrected chi connectivity index (χ1v) is 40.8. The van der Waals surface area contributed by atoms with Crippen molar-refractivity contribution < 1.29 is 126 Å². The van der Waals surface area contributed by atoms with Gasteiger partial charge in [-0.05, 0) is 159 Å². The summed E-state index contributed by atoms with van der Waals surface area (Å²) >= 11 is 38.0. The van der Waals surface area contributed by atoms with Crippen LogP contribution in [-0.4, -0.2) is 120 Å². The zero-order valence-corrected chi connectivity index (χ0v) is 73.9. The van der Waals surface area contributed by atoms with Crippen LogP contribution in [0.3, 0.4) is 0 Å². The number of carbonyl (C=O) groups is 7. The van der Waals surface area contributed by atoms with E-state index in [1.54, 1.807) is 130 Å². The summed E-state index contributed by atoms with van der Waals surface area (Å²) < 4.78 is 48.2. The van der Waals surface area contributed by atoms with Crippen molar-refractivity contribution in [3.63, 3.8) is 0 Å². The number of anilines is 2. The molecule has 37 heteroatoms. The quantitative estimate of drug-likeness (QED) is 0.00558. The molecule has 0 aliphatic heterocycles. The van der Waals surface area contributed by atoms with Crippen LogP contribution in [0.5, 0.6) is 34.5 Å². The van der Waals surface area contributed by atoms with Gasteiger partial charge in [0.15, 0.2) is 53.2 Å². The number of halogens is 6. The Morgan fingerprint density at radius 1 is 0.492 bits per heavy atom. The number of aromatic hydroxyl groups is 2. The van der Waals surface area contributed by atoms with E-state index in [2.05, 4.69) is 50.4 Å². The molecule has 7 aromatic carbocycles. The number of carboxylic acid groups (broad SMARTS) is 1. The Hall–Kier alpha value is -9.45. The summed E-state index contributed by atoms with van der Waals surface area (Å²) in [7, 11) is 3.20. The summed E-state index contributed by atoms with van der Waals surface area (Å²) in [5.74, 6) is 2.50. The molecule has 2 unspecified atom stereocenters. The smallest absolute Gasteiger partial charge is 0.870 e. The standard InChI is InChI=1S/C22H17ClN2O3.C13H15ClO4.C12H12ClNO3.C11H10N2O.C10H8ClNO3.C6H6ClNO.C6H9ClO3.CH4O.Na.H2O.H2P2S/c23-16-5-9-20-21(13-16)28-22(25-20)10-6-17(26)12-15-3-7-18(8-4-15)27-19-2-1-11-24-14-19;1-2-18-13(17)6-5-11(15)7-9-3-4-10(14)8-12(9)16;1-2-16-12(15)6-5-11-14-9-4-3-8(13)7-10(9)17-11;12-9-3-5-10(6-4-9)14-11-2-1-7-13-8-11;11-6-1-2-7-8(5-6)15-9(12-7)3-4-10(13)14;7-4-1-2-5(8)6(9)3-4;1-2-10-6(9)4-3-5(7)8;1-2;;;1-2-3/h1-5,7-9,11,13-14H,6,10,12H2;3-4,8,16H,2,5-7H2,1H3;3-4,7H,2,5-6H2,1H3;1-8H,12H2;1-2,5H,3-4H2,(H,13,14);1-3,9H,8H2;2-4H2,1H3;2H,1H3;;1H2;1H2/q;;;;;;;;+1;;/i/hT. The average Bonchev–Trinajstić information content (AvgIpc) is 1.71. The Morgan fingerprint density at radius 3 is 1.25 bits per heavy atom. The van der Waals surface area contributed by atoms with Gasteiger partial charge in [-0.2, -0.15) is 0 Å². The van der Waals surface area contributed by atoms with E-state index in [1.165, 1.54) is 12.1 Å². The molecule has 0 fully saturated rings. The maximum Gasteiger partial charge on any atom is 1.00 e. The molecule has 0 amide bonds. The minimum atomic E-state index is -0.870. The number of nitrogens with zero attached hydrogens (tertiary/aromatic N) is 5. The molecular formula is C81H85Cl6N7NaO20P2S+. The molecule has 0 saturated carbocycles. The molecule has 0 radical (unpaired) electrons. The number of Topliss-reactive ketones (excluding diaryl/α,β-unsaturated/α-hetero) is 2. The molecule has 622 valence electrons. The Kier molecular flexibility index (Phi) is 51.6. The van der Waals surface area contributed by atoms with E-state index in [9.17, 15) is 38.7 Å². The van der Waals surface area contributed by atoms with Gasteiger partial charge in [0.05, 0.1) is 72.5 Å². The topological polar surface area (TPSA) is 432 Å². The van der Waals surface area contributed by atoms with Gasteiger partial charge in [0, 0.05) is 131 Å². The number of fused-ring (bicyclic) bond motifs is 3. The number of pyridine rings is 2. The van der Waals surface area contributed by atoms with E-state index in [0.717, 1.165) is 40.9 Å². The molecule has 0 bridgehead atoms. The molecule has 0 saturated heterocycles. The van der Waals surface area contributed by atoms with E-state index in [1.807, 2.05) is 66.7 Å². The van der Waals surface area contributed by atoms with Crippen molar-refractivity contribution in [3.05, 3.63) is 242 Å². The molecule has 12 rings (SSSR count). The van der Waals surface area contributed by atoms with Crippen molar-refractivity contribution in [3.8, 4) is 34.5 Å². The number of phenolic OH excluding ortho intramolecular Hbond substituents is 2. The number of phenols is 2. The molecule has 5 heterocycles. The Bertz CT molecular complexity index is 5130. The number of nitrogens with two attached hydrogens (primary N) is 2. The number of oxazole rings is 3. The minimum Gasteiger partial charge on any atom is -0.870 e. The number of ether oxygens (including phenoxy) is 5. The van der Waals surface area contributed by atoms with Crippen LogP contribution in [0.15, 0.2) is 202 Å². The fraction of sp³-hybridized carbons (Fsp3) is 0.235. The first-order chi connectivity index (χ1) is 55.9. The van der Waals surface area contributed by atoms with Gasteiger partial charge >= 0.3 is 54.7 Å². The van der Waals surface area contributed by atoms with Crippen LogP contribution in [0.1, 0.15) is 94.5 Å². The van der Waals surface area contributed by atoms with Gasteiger partial charge in [-0.25, -0.2) is 15.0 Å². The number of hydrogen-bond acceptors (Lipinski definition) is 27. The number of aliphatic carboxylic acids is 1.